The predicted octanol–water partition coefficient (Wildman–Crippen LogP) is 0.0676. The second-order valence-electron chi connectivity index (χ2n) is 5.14. The Hall–Kier alpha value is -0.160. The van der Waals surface area contributed by atoms with Crippen LogP contribution in [0.5, 0.6) is 0 Å². The quantitative estimate of drug-likeness (QED) is 0.605. The summed E-state index contributed by atoms with van der Waals surface area (Å²) >= 11 is 0. The molecule has 2 N–H and O–H groups in total. The molecule has 3 atom stereocenters. The lowest BCUT2D eigenvalue weighted by atomic mass is 10.1. The highest BCUT2D eigenvalue weighted by molar-refractivity contribution is 4.92. The molecule has 1 saturated carbocycles. The van der Waals surface area contributed by atoms with Crippen molar-refractivity contribution in [2.24, 2.45) is 5.92 Å². The van der Waals surface area contributed by atoms with Gasteiger partial charge in [-0.05, 0) is 25.2 Å². The van der Waals surface area contributed by atoms with Crippen molar-refractivity contribution in [3.05, 3.63) is 0 Å². The van der Waals surface area contributed by atoms with Crippen molar-refractivity contribution in [3.8, 4) is 0 Å². The number of rotatable bonds is 7. The first-order valence-corrected chi connectivity index (χ1v) is 6.41. The number of methoxy groups -OCH3 is 1. The Bertz CT molecular complexity index is 213. The molecule has 0 amide bonds. The maximum Gasteiger partial charge on any atom is 0.0791 e. The number of aliphatic hydroxyl groups is 1. The summed E-state index contributed by atoms with van der Waals surface area (Å²) in [5.74, 6) is 0.915. The molecule has 1 aliphatic carbocycles. The van der Waals surface area contributed by atoms with Crippen LogP contribution < -0.4 is 5.32 Å². The molecule has 3 unspecified atom stereocenters. The first-order chi connectivity index (χ1) is 7.79. The molecular formula is C12H24N2O2. The number of aliphatic hydroxyl groups excluding tert-OH is 1. The van der Waals surface area contributed by atoms with E-state index in [-0.39, 0.29) is 6.10 Å². The van der Waals surface area contributed by atoms with Gasteiger partial charge < -0.3 is 15.2 Å². The van der Waals surface area contributed by atoms with Gasteiger partial charge in [0, 0.05) is 39.3 Å². The fourth-order valence-corrected chi connectivity index (χ4v) is 3.03. The molecule has 2 bridgehead atoms. The molecule has 1 aliphatic heterocycles. The van der Waals surface area contributed by atoms with Crippen molar-refractivity contribution in [1.82, 2.24) is 10.2 Å². The standard InChI is InChI=1S/C12H24N2O2/c1-16-5-4-13-7-12(15)9-14-8-10-2-3-11(14)6-10/h10-13,15H,2-9H2,1H3. The fourth-order valence-electron chi connectivity index (χ4n) is 3.03. The van der Waals surface area contributed by atoms with E-state index in [1.54, 1.807) is 7.11 Å². The van der Waals surface area contributed by atoms with Crippen LogP contribution in [0.2, 0.25) is 0 Å². The van der Waals surface area contributed by atoms with E-state index in [2.05, 4.69) is 10.2 Å². The highest BCUT2D eigenvalue weighted by atomic mass is 16.5. The maximum atomic E-state index is 9.89. The number of nitrogens with zero attached hydrogens (tertiary/aromatic N) is 1. The molecule has 0 aromatic carbocycles. The van der Waals surface area contributed by atoms with Crippen molar-refractivity contribution < 1.29 is 9.84 Å². The Kier molecular flexibility index (Phi) is 4.58. The summed E-state index contributed by atoms with van der Waals surface area (Å²) in [4.78, 5) is 2.47. The van der Waals surface area contributed by atoms with Crippen LogP contribution in [0.15, 0.2) is 0 Å². The van der Waals surface area contributed by atoms with E-state index in [9.17, 15) is 5.11 Å². The minimum Gasteiger partial charge on any atom is -0.390 e. The third kappa shape index (κ3) is 3.17. The smallest absolute Gasteiger partial charge is 0.0791 e. The molecule has 0 spiro atoms. The average Bonchev–Trinajstić information content (AvgIpc) is 2.86. The third-order valence-electron chi connectivity index (χ3n) is 3.83. The van der Waals surface area contributed by atoms with Gasteiger partial charge in [-0.15, -0.1) is 0 Å². The second-order valence-corrected chi connectivity index (χ2v) is 5.14. The van der Waals surface area contributed by atoms with Crippen molar-refractivity contribution in [2.45, 2.75) is 31.4 Å². The van der Waals surface area contributed by atoms with Crippen molar-refractivity contribution in [2.75, 3.05) is 39.9 Å². The lowest BCUT2D eigenvalue weighted by molar-refractivity contribution is 0.0918. The van der Waals surface area contributed by atoms with E-state index in [1.165, 1.54) is 25.8 Å². The first-order valence-electron chi connectivity index (χ1n) is 6.41. The van der Waals surface area contributed by atoms with Gasteiger partial charge in [-0.25, -0.2) is 0 Å². The Labute approximate surface area is 98.0 Å². The number of piperidine rings is 1. The van der Waals surface area contributed by atoms with Gasteiger partial charge in [0.2, 0.25) is 0 Å². The molecule has 0 aromatic rings. The van der Waals surface area contributed by atoms with Crippen LogP contribution in [0.1, 0.15) is 19.3 Å². The molecule has 1 saturated heterocycles. The molecule has 1 heterocycles. The van der Waals surface area contributed by atoms with E-state index in [0.29, 0.717) is 13.2 Å². The van der Waals surface area contributed by atoms with Gasteiger partial charge in [0.05, 0.1) is 12.7 Å². The lowest BCUT2D eigenvalue weighted by Crippen LogP contribution is -2.42. The van der Waals surface area contributed by atoms with Gasteiger partial charge in [-0.2, -0.15) is 0 Å². The summed E-state index contributed by atoms with van der Waals surface area (Å²) in [5.41, 5.74) is 0. The van der Waals surface area contributed by atoms with Gasteiger partial charge in [0.25, 0.3) is 0 Å². The zero-order valence-electron chi connectivity index (χ0n) is 10.2. The minimum absolute atomic E-state index is 0.240. The summed E-state index contributed by atoms with van der Waals surface area (Å²) in [5, 5.41) is 13.1. The molecule has 0 radical (unpaired) electrons. The van der Waals surface area contributed by atoms with Gasteiger partial charge >= 0.3 is 0 Å². The zero-order valence-corrected chi connectivity index (χ0v) is 10.2. The molecule has 4 heteroatoms. The molecule has 2 aliphatic rings. The van der Waals surface area contributed by atoms with Crippen LogP contribution in [0.25, 0.3) is 0 Å². The summed E-state index contributed by atoms with van der Waals surface area (Å²) in [7, 11) is 1.69. The lowest BCUT2D eigenvalue weighted by Gasteiger charge is -2.28. The van der Waals surface area contributed by atoms with Crippen molar-refractivity contribution >= 4 is 0 Å². The van der Waals surface area contributed by atoms with Gasteiger partial charge in [0.1, 0.15) is 0 Å². The van der Waals surface area contributed by atoms with Crippen LogP contribution in [-0.4, -0.2) is 62.0 Å². The number of fused-ring (bicyclic) bond motifs is 2. The number of β-amino-alcohol motifs (C(OH)–C–C–N with tert-alkyl or cyclic N) is 1. The summed E-state index contributed by atoms with van der Waals surface area (Å²) < 4.78 is 4.94. The topological polar surface area (TPSA) is 44.7 Å². The van der Waals surface area contributed by atoms with Crippen molar-refractivity contribution in [3.63, 3.8) is 0 Å². The first kappa shape index (κ1) is 12.3. The highest BCUT2D eigenvalue weighted by Gasteiger charge is 2.37. The van der Waals surface area contributed by atoms with Crippen LogP contribution >= 0.6 is 0 Å². The minimum atomic E-state index is -0.240. The molecule has 2 rings (SSSR count). The van der Waals surface area contributed by atoms with E-state index < -0.39 is 0 Å². The number of nitrogens with one attached hydrogen (secondary N) is 1. The van der Waals surface area contributed by atoms with Crippen LogP contribution in [0, 0.1) is 5.92 Å². The third-order valence-corrected chi connectivity index (χ3v) is 3.83. The van der Waals surface area contributed by atoms with Gasteiger partial charge in [-0.3, -0.25) is 4.90 Å². The summed E-state index contributed by atoms with van der Waals surface area (Å²) in [6.07, 6.45) is 3.87. The van der Waals surface area contributed by atoms with E-state index in [4.69, 9.17) is 4.74 Å². The SMILES string of the molecule is COCCNCC(O)CN1CC2CCC1C2. The maximum absolute atomic E-state index is 9.89. The average molecular weight is 228 g/mol. The van der Waals surface area contributed by atoms with E-state index in [1.807, 2.05) is 0 Å². The number of likely N-dealkylation sites (tertiary alicyclic amines) is 1. The Balaban J connectivity index is 1.58. The Morgan fingerprint density at radius 2 is 2.38 bits per heavy atom. The highest BCUT2D eigenvalue weighted by Crippen LogP contribution is 2.37. The monoisotopic (exact) mass is 228 g/mol. The molecule has 94 valence electrons. The van der Waals surface area contributed by atoms with Gasteiger partial charge in [-0.1, -0.05) is 0 Å². The van der Waals surface area contributed by atoms with Crippen LogP contribution in [-0.2, 0) is 4.74 Å². The Morgan fingerprint density at radius 3 is 3.00 bits per heavy atom. The molecule has 0 aromatic heterocycles. The fraction of sp³-hybridized carbons (Fsp3) is 1.00. The normalized spacial score (nSPS) is 31.1. The summed E-state index contributed by atoms with van der Waals surface area (Å²) in [6.45, 7) is 4.25. The number of hydrogen-bond donors (Lipinski definition) is 2. The van der Waals surface area contributed by atoms with Crippen LogP contribution in [0.3, 0.4) is 0 Å². The largest absolute Gasteiger partial charge is 0.390 e. The second kappa shape index (κ2) is 5.96. The summed E-state index contributed by atoms with van der Waals surface area (Å²) in [6, 6.07) is 0.763. The number of hydrogen-bond acceptors (Lipinski definition) is 4. The molecule has 2 fully saturated rings. The molecular weight excluding hydrogens is 204 g/mol. The van der Waals surface area contributed by atoms with Gasteiger partial charge in [0.15, 0.2) is 0 Å². The Morgan fingerprint density at radius 1 is 1.50 bits per heavy atom. The molecule has 4 nitrogen and oxygen atoms in total. The predicted molar refractivity (Wildman–Crippen MR) is 63.5 cm³/mol. The van der Waals surface area contributed by atoms with E-state index >= 15 is 0 Å². The van der Waals surface area contributed by atoms with Crippen molar-refractivity contribution in [1.29, 1.82) is 0 Å². The van der Waals surface area contributed by atoms with Crippen LogP contribution in [0.4, 0.5) is 0 Å². The molecule has 16 heavy (non-hydrogen) atoms. The van der Waals surface area contributed by atoms with E-state index in [0.717, 1.165) is 25.0 Å². The zero-order chi connectivity index (χ0) is 11.4. The number of ether oxygens (including phenoxy) is 1.